The molecule has 0 unspecified atom stereocenters. The van der Waals surface area contributed by atoms with Gasteiger partial charge in [-0.15, -0.1) is 11.3 Å². The fourth-order valence-electron chi connectivity index (χ4n) is 3.02. The average molecular weight is 479 g/mol. The molecule has 1 N–H and O–H groups in total. The zero-order valence-corrected chi connectivity index (χ0v) is 19.2. The minimum Gasteiger partial charge on any atom is -0.494 e. The molecular formula is C25H19ClN2O4S. The third kappa shape index (κ3) is 5.39. The van der Waals surface area contributed by atoms with Crippen molar-refractivity contribution in [2.24, 2.45) is 5.10 Å². The Bertz CT molecular complexity index is 1310. The van der Waals surface area contributed by atoms with Gasteiger partial charge < -0.3 is 9.47 Å². The second-order valence-corrected chi connectivity index (χ2v) is 8.29. The van der Waals surface area contributed by atoms with E-state index in [1.807, 2.05) is 31.2 Å². The van der Waals surface area contributed by atoms with Gasteiger partial charge in [-0.2, -0.15) is 5.10 Å². The van der Waals surface area contributed by atoms with E-state index in [1.54, 1.807) is 48.5 Å². The van der Waals surface area contributed by atoms with Crippen molar-refractivity contribution in [3.05, 3.63) is 93.8 Å². The molecular weight excluding hydrogens is 460 g/mol. The van der Waals surface area contributed by atoms with E-state index >= 15 is 0 Å². The molecule has 4 rings (SSSR count). The van der Waals surface area contributed by atoms with Crippen LogP contribution in [-0.2, 0) is 0 Å². The number of nitrogens with one attached hydrogen (secondary N) is 1. The number of benzene rings is 3. The Balaban J connectivity index is 1.34. The Morgan fingerprint density at radius 1 is 1.00 bits per heavy atom. The van der Waals surface area contributed by atoms with E-state index < -0.39 is 5.97 Å². The normalized spacial score (nSPS) is 11.0. The summed E-state index contributed by atoms with van der Waals surface area (Å²) in [5.74, 6) is 0.238. The maximum absolute atomic E-state index is 12.6. The summed E-state index contributed by atoms with van der Waals surface area (Å²) in [7, 11) is 0. The number of hydrogen-bond acceptors (Lipinski definition) is 6. The molecule has 0 radical (unpaired) electrons. The summed E-state index contributed by atoms with van der Waals surface area (Å²) in [5, 5.41) is 5.20. The highest BCUT2D eigenvalue weighted by Gasteiger charge is 2.18. The molecule has 166 valence electrons. The Hall–Kier alpha value is -3.68. The molecule has 0 saturated heterocycles. The predicted octanol–water partition coefficient (Wildman–Crippen LogP) is 5.94. The quantitative estimate of drug-likeness (QED) is 0.154. The van der Waals surface area contributed by atoms with Crippen LogP contribution in [0.2, 0.25) is 5.02 Å². The molecule has 0 aliphatic heterocycles. The van der Waals surface area contributed by atoms with Crippen LogP contribution in [0.25, 0.3) is 10.1 Å². The lowest BCUT2D eigenvalue weighted by molar-refractivity contribution is 0.0739. The van der Waals surface area contributed by atoms with Crippen molar-refractivity contribution >= 4 is 51.1 Å². The molecule has 0 fully saturated rings. The molecule has 0 bridgehead atoms. The Morgan fingerprint density at radius 2 is 1.70 bits per heavy atom. The minimum atomic E-state index is -0.509. The Kier molecular flexibility index (Phi) is 7.02. The molecule has 1 amide bonds. The molecule has 0 saturated carbocycles. The van der Waals surface area contributed by atoms with Crippen molar-refractivity contribution < 1.29 is 19.1 Å². The molecule has 0 aliphatic rings. The van der Waals surface area contributed by atoms with E-state index in [0.29, 0.717) is 33.6 Å². The summed E-state index contributed by atoms with van der Waals surface area (Å²) < 4.78 is 11.7. The van der Waals surface area contributed by atoms with Crippen molar-refractivity contribution in [1.29, 1.82) is 0 Å². The number of fused-ring (bicyclic) bond motifs is 1. The molecule has 33 heavy (non-hydrogen) atoms. The van der Waals surface area contributed by atoms with Crippen LogP contribution in [0.5, 0.6) is 11.5 Å². The maximum atomic E-state index is 12.6. The number of rotatable bonds is 7. The van der Waals surface area contributed by atoms with Gasteiger partial charge in [0.05, 0.1) is 17.8 Å². The van der Waals surface area contributed by atoms with E-state index in [9.17, 15) is 9.59 Å². The largest absolute Gasteiger partial charge is 0.494 e. The van der Waals surface area contributed by atoms with Crippen LogP contribution < -0.4 is 14.9 Å². The number of ether oxygens (including phenoxy) is 2. The second kappa shape index (κ2) is 10.3. The zero-order valence-electron chi connectivity index (χ0n) is 17.6. The number of nitrogens with zero attached hydrogens (tertiary/aromatic N) is 1. The third-order valence-electron chi connectivity index (χ3n) is 4.62. The van der Waals surface area contributed by atoms with E-state index in [0.717, 1.165) is 15.6 Å². The number of hydrazone groups is 1. The lowest BCUT2D eigenvalue weighted by Crippen LogP contribution is -2.17. The first-order valence-corrected chi connectivity index (χ1v) is 11.3. The van der Waals surface area contributed by atoms with Crippen LogP contribution in [0.4, 0.5) is 0 Å². The second-order valence-electron chi connectivity index (χ2n) is 6.86. The van der Waals surface area contributed by atoms with Gasteiger partial charge >= 0.3 is 5.97 Å². The molecule has 0 aliphatic carbocycles. The number of thiophene rings is 1. The van der Waals surface area contributed by atoms with E-state index in [1.165, 1.54) is 17.6 Å². The standard InChI is InChI=1S/C25H19ClN2O4S/c1-2-31-18-13-9-17(10-14-18)24(29)28-27-15-16-7-11-19(12-8-16)32-25(30)23-22(26)20-5-3-4-6-21(20)33-23/h3-15H,2H2,1H3,(H,28,29). The fourth-order valence-corrected chi connectivity index (χ4v) is 4.40. The number of halogens is 1. The van der Waals surface area contributed by atoms with Gasteiger partial charge in [-0.1, -0.05) is 29.8 Å². The molecule has 8 heteroatoms. The van der Waals surface area contributed by atoms with Crippen LogP contribution in [0.15, 0.2) is 77.9 Å². The predicted molar refractivity (Wildman–Crippen MR) is 131 cm³/mol. The van der Waals surface area contributed by atoms with E-state index in [2.05, 4.69) is 10.5 Å². The first-order chi connectivity index (χ1) is 16.0. The van der Waals surface area contributed by atoms with E-state index in [-0.39, 0.29) is 5.91 Å². The first-order valence-electron chi connectivity index (χ1n) is 10.1. The van der Waals surface area contributed by atoms with Crippen molar-refractivity contribution in [2.75, 3.05) is 6.61 Å². The number of hydrogen-bond donors (Lipinski definition) is 1. The first kappa shape index (κ1) is 22.5. The van der Waals surface area contributed by atoms with Gasteiger partial charge in [0.2, 0.25) is 0 Å². The average Bonchev–Trinajstić information content (AvgIpc) is 3.17. The van der Waals surface area contributed by atoms with Gasteiger partial charge in [-0.05, 0) is 67.1 Å². The van der Waals surface area contributed by atoms with Crippen molar-refractivity contribution in [1.82, 2.24) is 5.43 Å². The monoisotopic (exact) mass is 478 g/mol. The van der Waals surface area contributed by atoms with Gasteiger partial charge in [0.15, 0.2) is 0 Å². The summed E-state index contributed by atoms with van der Waals surface area (Å²) in [5.41, 5.74) is 3.67. The lowest BCUT2D eigenvalue weighted by atomic mass is 10.2. The molecule has 4 aromatic rings. The van der Waals surface area contributed by atoms with Gasteiger partial charge in [0, 0.05) is 15.6 Å². The fraction of sp³-hybridized carbons (Fsp3) is 0.0800. The van der Waals surface area contributed by atoms with Gasteiger partial charge in [-0.3, -0.25) is 4.79 Å². The van der Waals surface area contributed by atoms with Crippen molar-refractivity contribution in [3.8, 4) is 11.5 Å². The molecule has 6 nitrogen and oxygen atoms in total. The summed E-state index contributed by atoms with van der Waals surface area (Å²) in [6.45, 7) is 2.46. The SMILES string of the molecule is CCOc1ccc(C(=O)NN=Cc2ccc(OC(=O)c3sc4ccccc4c3Cl)cc2)cc1. The van der Waals surface area contributed by atoms with Gasteiger partial charge in [0.1, 0.15) is 16.4 Å². The Morgan fingerprint density at radius 3 is 2.39 bits per heavy atom. The molecule has 1 aromatic heterocycles. The molecule has 3 aromatic carbocycles. The van der Waals surface area contributed by atoms with Gasteiger partial charge in [0.25, 0.3) is 5.91 Å². The smallest absolute Gasteiger partial charge is 0.355 e. The lowest BCUT2D eigenvalue weighted by Gasteiger charge is -2.04. The number of esters is 1. The van der Waals surface area contributed by atoms with Crippen LogP contribution in [0.3, 0.4) is 0 Å². The highest BCUT2D eigenvalue weighted by Crippen LogP contribution is 2.35. The molecule has 0 spiro atoms. The van der Waals surface area contributed by atoms with Crippen molar-refractivity contribution in [2.45, 2.75) is 6.92 Å². The summed E-state index contributed by atoms with van der Waals surface area (Å²) in [6.07, 6.45) is 1.50. The van der Waals surface area contributed by atoms with E-state index in [4.69, 9.17) is 21.1 Å². The minimum absolute atomic E-state index is 0.333. The zero-order chi connectivity index (χ0) is 23.2. The maximum Gasteiger partial charge on any atom is 0.355 e. The third-order valence-corrected chi connectivity index (χ3v) is 6.27. The van der Waals surface area contributed by atoms with Crippen LogP contribution >= 0.6 is 22.9 Å². The number of carbonyl (C=O) groups excluding carboxylic acids is 2. The van der Waals surface area contributed by atoms with Crippen molar-refractivity contribution in [3.63, 3.8) is 0 Å². The number of carbonyl (C=O) groups is 2. The topological polar surface area (TPSA) is 77.0 Å². The summed E-state index contributed by atoms with van der Waals surface area (Å²) in [6, 6.07) is 21.1. The summed E-state index contributed by atoms with van der Waals surface area (Å²) in [4.78, 5) is 25.1. The van der Waals surface area contributed by atoms with Crippen LogP contribution in [0, 0.1) is 0 Å². The highest BCUT2D eigenvalue weighted by molar-refractivity contribution is 7.21. The van der Waals surface area contributed by atoms with Crippen LogP contribution in [-0.4, -0.2) is 24.7 Å². The Labute approximate surface area is 199 Å². The molecule has 0 atom stereocenters. The number of amides is 1. The molecule has 1 heterocycles. The summed E-state index contributed by atoms with van der Waals surface area (Å²) >= 11 is 7.64. The highest BCUT2D eigenvalue weighted by atomic mass is 35.5. The van der Waals surface area contributed by atoms with Gasteiger partial charge in [-0.25, -0.2) is 10.2 Å². The van der Waals surface area contributed by atoms with Crippen LogP contribution in [0.1, 0.15) is 32.5 Å².